The lowest BCUT2D eigenvalue weighted by atomic mass is 10.1. The molecule has 2 rings (SSSR count). The second kappa shape index (κ2) is 9.03. The first kappa shape index (κ1) is 18.7. The predicted molar refractivity (Wildman–Crippen MR) is 95.4 cm³/mol. The molecule has 0 radical (unpaired) electrons. The predicted octanol–water partition coefficient (Wildman–Crippen LogP) is 1.41. The van der Waals surface area contributed by atoms with E-state index >= 15 is 0 Å². The number of ether oxygens (including phenoxy) is 1. The largest absolute Gasteiger partial charge is 0.497 e. The van der Waals surface area contributed by atoms with Crippen LogP contribution in [0.5, 0.6) is 5.75 Å². The van der Waals surface area contributed by atoms with Crippen molar-refractivity contribution in [1.29, 1.82) is 0 Å². The highest BCUT2D eigenvalue weighted by atomic mass is 16.5. The van der Waals surface area contributed by atoms with Crippen molar-refractivity contribution in [2.75, 3.05) is 27.7 Å². The van der Waals surface area contributed by atoms with E-state index < -0.39 is 0 Å². The summed E-state index contributed by atoms with van der Waals surface area (Å²) in [5.74, 6) is 1.53. The SMILES string of the molecule is CCn1cnnc1CNC(=O)NC[C@@H](c1cccc(OC)c1)N(C)C. The van der Waals surface area contributed by atoms with Gasteiger partial charge >= 0.3 is 6.03 Å². The summed E-state index contributed by atoms with van der Waals surface area (Å²) in [7, 11) is 5.60. The summed E-state index contributed by atoms with van der Waals surface area (Å²) in [6, 6.07) is 7.66. The fourth-order valence-corrected chi connectivity index (χ4v) is 2.54. The molecule has 0 saturated heterocycles. The number of benzene rings is 1. The van der Waals surface area contributed by atoms with Crippen molar-refractivity contribution in [2.45, 2.75) is 26.1 Å². The minimum Gasteiger partial charge on any atom is -0.497 e. The Bertz CT molecular complexity index is 685. The fraction of sp³-hybridized carbons (Fsp3) is 0.471. The number of hydrogen-bond acceptors (Lipinski definition) is 5. The Labute approximate surface area is 148 Å². The molecule has 0 unspecified atom stereocenters. The molecule has 1 atom stereocenters. The molecule has 1 aromatic carbocycles. The van der Waals surface area contributed by atoms with Crippen LogP contribution in [-0.2, 0) is 13.1 Å². The molecule has 2 aromatic rings. The van der Waals surface area contributed by atoms with E-state index in [2.05, 4.69) is 25.7 Å². The van der Waals surface area contributed by atoms with E-state index in [1.165, 1.54) is 0 Å². The van der Waals surface area contributed by atoms with Crippen LogP contribution < -0.4 is 15.4 Å². The molecule has 136 valence electrons. The van der Waals surface area contributed by atoms with Gasteiger partial charge in [-0.15, -0.1) is 10.2 Å². The molecule has 25 heavy (non-hydrogen) atoms. The minimum atomic E-state index is -0.236. The number of aryl methyl sites for hydroxylation is 1. The number of likely N-dealkylation sites (N-methyl/N-ethyl adjacent to an activating group) is 1. The van der Waals surface area contributed by atoms with Crippen LogP contribution in [0.3, 0.4) is 0 Å². The molecule has 1 heterocycles. The first-order chi connectivity index (χ1) is 12.0. The molecule has 0 bridgehead atoms. The first-order valence-electron chi connectivity index (χ1n) is 8.24. The van der Waals surface area contributed by atoms with Crippen molar-refractivity contribution in [3.8, 4) is 5.75 Å². The summed E-state index contributed by atoms with van der Waals surface area (Å²) in [6.07, 6.45) is 1.65. The third-order valence-electron chi connectivity index (χ3n) is 4.00. The number of hydrogen-bond donors (Lipinski definition) is 2. The highest BCUT2D eigenvalue weighted by Crippen LogP contribution is 2.21. The Morgan fingerprint density at radius 2 is 2.16 bits per heavy atom. The van der Waals surface area contributed by atoms with E-state index in [1.807, 2.05) is 49.9 Å². The maximum absolute atomic E-state index is 12.1. The number of methoxy groups -OCH3 is 1. The molecular weight excluding hydrogens is 320 g/mol. The number of rotatable bonds is 8. The number of urea groups is 1. The third-order valence-corrected chi connectivity index (χ3v) is 4.00. The Morgan fingerprint density at radius 3 is 2.84 bits per heavy atom. The maximum atomic E-state index is 12.1. The zero-order chi connectivity index (χ0) is 18.2. The Hall–Kier alpha value is -2.61. The van der Waals surface area contributed by atoms with Gasteiger partial charge in [0.1, 0.15) is 12.1 Å². The van der Waals surface area contributed by atoms with Gasteiger partial charge in [-0.2, -0.15) is 0 Å². The molecule has 0 saturated carbocycles. The van der Waals surface area contributed by atoms with Crippen molar-refractivity contribution in [1.82, 2.24) is 30.3 Å². The van der Waals surface area contributed by atoms with Gasteiger partial charge in [-0.3, -0.25) is 0 Å². The molecule has 0 aliphatic heterocycles. The van der Waals surface area contributed by atoms with Crippen LogP contribution in [0.15, 0.2) is 30.6 Å². The summed E-state index contributed by atoms with van der Waals surface area (Å²) in [6.45, 7) is 3.59. The fourth-order valence-electron chi connectivity index (χ4n) is 2.54. The zero-order valence-corrected chi connectivity index (χ0v) is 15.2. The van der Waals surface area contributed by atoms with Crippen molar-refractivity contribution in [3.05, 3.63) is 42.0 Å². The minimum absolute atomic E-state index is 0.0418. The Balaban J connectivity index is 1.91. The monoisotopic (exact) mass is 346 g/mol. The van der Waals surface area contributed by atoms with Gasteiger partial charge in [-0.1, -0.05) is 12.1 Å². The molecule has 8 nitrogen and oxygen atoms in total. The topological polar surface area (TPSA) is 84.3 Å². The quantitative estimate of drug-likeness (QED) is 0.755. The third kappa shape index (κ3) is 5.18. The molecule has 0 fully saturated rings. The lowest BCUT2D eigenvalue weighted by molar-refractivity contribution is 0.232. The number of carbonyl (C=O) groups is 1. The molecule has 0 aliphatic carbocycles. The van der Waals surface area contributed by atoms with Gasteiger partial charge in [-0.05, 0) is 38.7 Å². The van der Waals surface area contributed by atoms with Crippen LogP contribution >= 0.6 is 0 Å². The van der Waals surface area contributed by atoms with E-state index in [0.717, 1.165) is 23.7 Å². The number of aromatic nitrogens is 3. The summed E-state index contributed by atoms with van der Waals surface area (Å²) < 4.78 is 7.17. The van der Waals surface area contributed by atoms with E-state index in [-0.39, 0.29) is 12.1 Å². The summed E-state index contributed by atoms with van der Waals surface area (Å²) >= 11 is 0. The van der Waals surface area contributed by atoms with E-state index in [0.29, 0.717) is 13.1 Å². The van der Waals surface area contributed by atoms with E-state index in [4.69, 9.17) is 4.74 Å². The number of nitrogens with one attached hydrogen (secondary N) is 2. The van der Waals surface area contributed by atoms with Crippen LogP contribution in [0.25, 0.3) is 0 Å². The number of amides is 2. The van der Waals surface area contributed by atoms with Crippen LogP contribution in [0.4, 0.5) is 4.79 Å². The molecule has 2 N–H and O–H groups in total. The first-order valence-corrected chi connectivity index (χ1v) is 8.24. The van der Waals surface area contributed by atoms with Gasteiger partial charge in [0.25, 0.3) is 0 Å². The average Bonchev–Trinajstić information content (AvgIpc) is 3.07. The van der Waals surface area contributed by atoms with Crippen LogP contribution in [0, 0.1) is 0 Å². The van der Waals surface area contributed by atoms with Crippen molar-refractivity contribution in [2.24, 2.45) is 0 Å². The lowest BCUT2D eigenvalue weighted by Gasteiger charge is -2.25. The summed E-state index contributed by atoms with van der Waals surface area (Å²) in [4.78, 5) is 14.2. The number of nitrogens with zero attached hydrogens (tertiary/aromatic N) is 4. The van der Waals surface area contributed by atoms with Gasteiger partial charge in [0.15, 0.2) is 5.82 Å². The normalized spacial score (nSPS) is 12.0. The van der Waals surface area contributed by atoms with Crippen LogP contribution in [-0.4, -0.2) is 53.4 Å². The molecular formula is C17H26N6O2. The van der Waals surface area contributed by atoms with Gasteiger partial charge in [0.05, 0.1) is 19.7 Å². The highest BCUT2D eigenvalue weighted by molar-refractivity contribution is 5.73. The van der Waals surface area contributed by atoms with Crippen molar-refractivity contribution in [3.63, 3.8) is 0 Å². The van der Waals surface area contributed by atoms with Crippen LogP contribution in [0.2, 0.25) is 0 Å². The lowest BCUT2D eigenvalue weighted by Crippen LogP contribution is -2.40. The van der Waals surface area contributed by atoms with E-state index in [9.17, 15) is 4.79 Å². The highest BCUT2D eigenvalue weighted by Gasteiger charge is 2.16. The van der Waals surface area contributed by atoms with Gasteiger partial charge in [0, 0.05) is 13.1 Å². The molecule has 0 spiro atoms. The molecule has 8 heteroatoms. The maximum Gasteiger partial charge on any atom is 0.315 e. The van der Waals surface area contributed by atoms with Gasteiger partial charge < -0.3 is 24.8 Å². The second-order valence-corrected chi connectivity index (χ2v) is 5.85. The Morgan fingerprint density at radius 1 is 1.36 bits per heavy atom. The van der Waals surface area contributed by atoms with Gasteiger partial charge in [0.2, 0.25) is 0 Å². The number of carbonyl (C=O) groups excluding carboxylic acids is 1. The van der Waals surface area contributed by atoms with E-state index in [1.54, 1.807) is 13.4 Å². The van der Waals surface area contributed by atoms with Crippen molar-refractivity contribution >= 4 is 6.03 Å². The summed E-state index contributed by atoms with van der Waals surface area (Å²) in [5, 5.41) is 13.6. The average molecular weight is 346 g/mol. The second-order valence-electron chi connectivity index (χ2n) is 5.85. The molecule has 1 aromatic heterocycles. The molecule has 0 aliphatic rings. The Kier molecular flexibility index (Phi) is 6.76. The standard InChI is InChI=1S/C17H26N6O2/c1-5-23-12-20-21-16(23)11-19-17(24)18-10-15(22(2)3)13-7-6-8-14(9-13)25-4/h6-9,12,15H,5,10-11H2,1-4H3,(H2,18,19,24)/t15-/m0/s1. The molecule has 2 amide bonds. The van der Waals surface area contributed by atoms with Gasteiger partial charge in [-0.25, -0.2) is 4.79 Å². The summed E-state index contributed by atoms with van der Waals surface area (Å²) in [5.41, 5.74) is 1.08. The van der Waals surface area contributed by atoms with Crippen molar-refractivity contribution < 1.29 is 9.53 Å². The smallest absolute Gasteiger partial charge is 0.315 e. The van der Waals surface area contributed by atoms with Crippen LogP contribution in [0.1, 0.15) is 24.4 Å². The zero-order valence-electron chi connectivity index (χ0n) is 15.2.